The lowest BCUT2D eigenvalue weighted by molar-refractivity contribution is -0.161. The molecular weight excluding hydrogens is 1330 g/mol. The number of ether oxygens (including phenoxy) is 4. The van der Waals surface area contributed by atoms with Crippen LogP contribution >= 0.6 is 15.6 Å². The molecule has 0 aliphatic rings. The molecular formula is C83H160O17P2. The third-order valence-corrected chi connectivity index (χ3v) is 21.2. The Balaban J connectivity index is 5.28. The number of unbranched alkanes of at least 4 members (excludes halogenated alkanes) is 55. The van der Waals surface area contributed by atoms with E-state index < -0.39 is 97.5 Å². The van der Waals surface area contributed by atoms with Crippen LogP contribution in [0.1, 0.15) is 439 Å². The van der Waals surface area contributed by atoms with Crippen molar-refractivity contribution in [2.75, 3.05) is 39.6 Å². The van der Waals surface area contributed by atoms with E-state index in [9.17, 15) is 43.2 Å². The first-order valence-electron chi connectivity index (χ1n) is 42.9. The number of hydrogen-bond acceptors (Lipinski definition) is 15. The maximum atomic E-state index is 13.1. The number of carbonyl (C=O) groups is 4. The number of hydrogen-bond donors (Lipinski definition) is 3. The summed E-state index contributed by atoms with van der Waals surface area (Å²) in [6.07, 6.45) is 71.7. The first-order chi connectivity index (χ1) is 49.7. The molecule has 17 nitrogen and oxygen atoms in total. The van der Waals surface area contributed by atoms with Gasteiger partial charge in [0.15, 0.2) is 12.2 Å². The lowest BCUT2D eigenvalue weighted by atomic mass is 10.0. The predicted octanol–water partition coefficient (Wildman–Crippen LogP) is 25.1. The Labute approximate surface area is 625 Å². The fraction of sp³-hybridized carbons (Fsp3) is 0.928. The maximum absolute atomic E-state index is 13.1. The molecule has 0 radical (unpaired) electrons. The van der Waals surface area contributed by atoms with Gasteiger partial charge >= 0.3 is 39.5 Å². The molecule has 0 rings (SSSR count). The van der Waals surface area contributed by atoms with Crippen molar-refractivity contribution >= 4 is 39.5 Å². The van der Waals surface area contributed by atoms with E-state index in [0.717, 1.165) is 103 Å². The molecule has 5 atom stereocenters. The average molecular weight is 1490 g/mol. The van der Waals surface area contributed by atoms with Crippen LogP contribution in [0, 0.1) is 0 Å². The predicted molar refractivity (Wildman–Crippen MR) is 418 cm³/mol. The molecule has 0 aromatic heterocycles. The van der Waals surface area contributed by atoms with E-state index in [4.69, 9.17) is 37.0 Å². The van der Waals surface area contributed by atoms with Crippen molar-refractivity contribution in [3.05, 3.63) is 12.2 Å². The molecule has 0 amide bonds. The smallest absolute Gasteiger partial charge is 0.462 e. The summed E-state index contributed by atoms with van der Waals surface area (Å²) in [5.41, 5.74) is 0. The van der Waals surface area contributed by atoms with E-state index in [2.05, 4.69) is 39.8 Å². The molecule has 0 aromatic rings. The quantitative estimate of drug-likeness (QED) is 0.0169. The van der Waals surface area contributed by atoms with Gasteiger partial charge in [0.1, 0.15) is 19.3 Å². The van der Waals surface area contributed by atoms with Crippen LogP contribution in [-0.4, -0.2) is 96.7 Å². The van der Waals surface area contributed by atoms with Gasteiger partial charge in [0.2, 0.25) is 0 Å². The fourth-order valence-corrected chi connectivity index (χ4v) is 14.3. The minimum Gasteiger partial charge on any atom is -0.462 e. The van der Waals surface area contributed by atoms with Crippen LogP contribution in [0.4, 0.5) is 0 Å². The minimum absolute atomic E-state index is 0.0955. The molecule has 0 bridgehead atoms. The van der Waals surface area contributed by atoms with Crippen LogP contribution in [0.2, 0.25) is 0 Å². The highest BCUT2D eigenvalue weighted by Crippen LogP contribution is 2.45. The number of aliphatic hydroxyl groups is 1. The molecule has 0 saturated carbocycles. The first-order valence-corrected chi connectivity index (χ1v) is 45.9. The summed E-state index contributed by atoms with van der Waals surface area (Å²) >= 11 is 0. The SMILES string of the molecule is CCCCCCCC/C=C\CCCCCCCC(=O)O[C@H](COC(=O)CCCCCCCCCCCCCCCCCCC)COP(=O)(O)OC[C@H](O)COP(=O)(O)OC[C@@H](COC(=O)CCCCCCCCCCCCCCC)OC(=O)CCCCCCCCCCCCCCCCCCC. The highest BCUT2D eigenvalue weighted by molar-refractivity contribution is 7.47. The Morgan fingerprint density at radius 3 is 0.676 bits per heavy atom. The summed E-state index contributed by atoms with van der Waals surface area (Å²) in [4.78, 5) is 73.1. The largest absolute Gasteiger partial charge is 0.472 e. The van der Waals surface area contributed by atoms with Crippen molar-refractivity contribution in [1.82, 2.24) is 0 Å². The lowest BCUT2D eigenvalue weighted by Gasteiger charge is -2.21. The van der Waals surface area contributed by atoms with E-state index in [-0.39, 0.29) is 25.7 Å². The molecule has 0 aromatic carbocycles. The van der Waals surface area contributed by atoms with Crippen molar-refractivity contribution < 1.29 is 80.2 Å². The zero-order valence-electron chi connectivity index (χ0n) is 66.3. The van der Waals surface area contributed by atoms with E-state index in [1.807, 2.05) is 0 Å². The van der Waals surface area contributed by atoms with Crippen LogP contribution in [0.25, 0.3) is 0 Å². The van der Waals surface area contributed by atoms with Crippen molar-refractivity contribution in [2.24, 2.45) is 0 Å². The van der Waals surface area contributed by atoms with Gasteiger partial charge in [-0.15, -0.1) is 0 Å². The molecule has 0 aliphatic carbocycles. The third-order valence-electron chi connectivity index (χ3n) is 19.3. The van der Waals surface area contributed by atoms with E-state index in [0.29, 0.717) is 25.7 Å². The summed E-state index contributed by atoms with van der Waals surface area (Å²) in [5.74, 6) is -2.12. The van der Waals surface area contributed by atoms with Crippen molar-refractivity contribution in [2.45, 2.75) is 457 Å². The molecule has 0 saturated heterocycles. The van der Waals surface area contributed by atoms with Gasteiger partial charge in [0, 0.05) is 25.7 Å². The summed E-state index contributed by atoms with van der Waals surface area (Å²) in [6.45, 7) is 5.02. The summed E-state index contributed by atoms with van der Waals surface area (Å²) in [6, 6.07) is 0. The Hall–Kier alpha value is -2.20. The number of rotatable bonds is 83. The van der Waals surface area contributed by atoms with Crippen molar-refractivity contribution in [3.8, 4) is 0 Å². The summed E-state index contributed by atoms with van der Waals surface area (Å²) in [7, 11) is -9.93. The van der Waals surface area contributed by atoms with E-state index in [1.54, 1.807) is 0 Å². The number of allylic oxidation sites excluding steroid dienone is 2. The molecule has 19 heteroatoms. The molecule has 0 aliphatic heterocycles. The molecule has 3 N–H and O–H groups in total. The first kappa shape index (κ1) is 99.8. The van der Waals surface area contributed by atoms with Gasteiger partial charge in [-0.05, 0) is 51.4 Å². The molecule has 0 fully saturated rings. The number of aliphatic hydroxyl groups excluding tert-OH is 1. The van der Waals surface area contributed by atoms with Crippen LogP contribution in [0.5, 0.6) is 0 Å². The van der Waals surface area contributed by atoms with Gasteiger partial charge in [0.05, 0.1) is 26.4 Å². The Morgan fingerprint density at radius 2 is 0.451 bits per heavy atom. The van der Waals surface area contributed by atoms with Crippen LogP contribution in [-0.2, 0) is 65.4 Å². The van der Waals surface area contributed by atoms with Gasteiger partial charge in [0.25, 0.3) is 0 Å². The molecule has 102 heavy (non-hydrogen) atoms. The molecule has 0 heterocycles. The minimum atomic E-state index is -4.97. The third kappa shape index (κ3) is 76.0. The summed E-state index contributed by atoms with van der Waals surface area (Å²) in [5, 5.41) is 10.7. The average Bonchev–Trinajstić information content (AvgIpc) is 0.932. The fourth-order valence-electron chi connectivity index (χ4n) is 12.7. The molecule has 2 unspecified atom stereocenters. The highest BCUT2D eigenvalue weighted by Gasteiger charge is 2.30. The zero-order chi connectivity index (χ0) is 74.6. The Bertz CT molecular complexity index is 1980. The van der Waals surface area contributed by atoms with Crippen molar-refractivity contribution in [1.29, 1.82) is 0 Å². The zero-order valence-corrected chi connectivity index (χ0v) is 68.1. The number of carbonyl (C=O) groups excluding carboxylic acids is 4. The van der Waals surface area contributed by atoms with Gasteiger partial charge in [-0.2, -0.15) is 0 Å². The Kier molecular flexibility index (Phi) is 75.3. The number of esters is 4. The van der Waals surface area contributed by atoms with E-state index >= 15 is 0 Å². The van der Waals surface area contributed by atoms with Crippen LogP contribution < -0.4 is 0 Å². The Morgan fingerprint density at radius 1 is 0.265 bits per heavy atom. The van der Waals surface area contributed by atoms with Crippen molar-refractivity contribution in [3.63, 3.8) is 0 Å². The van der Waals surface area contributed by atoms with Crippen LogP contribution in [0.15, 0.2) is 12.2 Å². The standard InChI is InChI=1S/C83H160O17P2/c1-5-9-13-17-21-25-29-33-36-38-41-44-48-52-56-60-64-68-81(86)94-74-79(99-82(87)69-65-61-57-53-49-45-40-35-31-27-23-19-15-11-7-3)76-98-102(91,92)96-72-77(84)71-95-101(89,90)97-75-78(73-93-80(85)67-63-59-55-51-47-43-32-28-24-20-16-12-8-4)100-83(88)70-66-62-58-54-50-46-42-39-37-34-30-26-22-18-14-10-6-2/h35,40,77-79,84H,5-34,36-39,41-76H2,1-4H3,(H,89,90)(H,91,92)/b40-35-/t77-,78-,79-/m1/s1. The van der Waals surface area contributed by atoms with Crippen LogP contribution in [0.3, 0.4) is 0 Å². The van der Waals surface area contributed by atoms with Gasteiger partial charge < -0.3 is 33.8 Å². The van der Waals surface area contributed by atoms with Gasteiger partial charge in [-0.25, -0.2) is 9.13 Å². The normalized spacial score (nSPS) is 13.8. The summed E-state index contributed by atoms with van der Waals surface area (Å²) < 4.78 is 68.8. The van der Waals surface area contributed by atoms with Gasteiger partial charge in [-0.3, -0.25) is 37.3 Å². The monoisotopic (exact) mass is 1490 g/mol. The number of phosphoric ester groups is 2. The highest BCUT2D eigenvalue weighted by atomic mass is 31.2. The number of phosphoric acid groups is 2. The molecule has 0 spiro atoms. The lowest BCUT2D eigenvalue weighted by Crippen LogP contribution is -2.30. The second-order valence-corrected chi connectivity index (χ2v) is 32.4. The topological polar surface area (TPSA) is 237 Å². The second-order valence-electron chi connectivity index (χ2n) is 29.5. The molecule has 604 valence electrons. The second kappa shape index (κ2) is 77.0. The van der Waals surface area contributed by atoms with E-state index in [1.165, 1.54) is 257 Å². The van der Waals surface area contributed by atoms with Gasteiger partial charge in [-0.1, -0.05) is 374 Å². The maximum Gasteiger partial charge on any atom is 0.472 e.